The number of halogens is 3. The van der Waals surface area contributed by atoms with Crippen LogP contribution in [0, 0.1) is 11.7 Å². The Balaban J connectivity index is 1.53. The second kappa shape index (κ2) is 9.46. The molecule has 1 fully saturated rings. The molecule has 3 rings (SSSR count). The molecule has 1 saturated carbocycles. The SMILES string of the molecule is CC(NC(=O)NCc1cccc(NC(=O)C2CCC2)c1)c1cc(F)c(Cl)cc1Cl. The molecule has 0 saturated heterocycles. The standard InChI is InChI=1S/C21H22Cl2FN3O2/c1-12(16-9-19(24)18(23)10-17(16)22)26-21(29)25-11-13-4-2-7-15(8-13)27-20(28)14-5-3-6-14/h2,4,7-10,12,14H,3,5-6,11H2,1H3,(H,27,28)(H2,25,26,29). The van der Waals surface area contributed by atoms with Gasteiger partial charge in [-0.2, -0.15) is 0 Å². The summed E-state index contributed by atoms with van der Waals surface area (Å²) in [5.74, 6) is -0.450. The first kappa shape index (κ1) is 21.4. The predicted molar refractivity (Wildman–Crippen MR) is 113 cm³/mol. The minimum Gasteiger partial charge on any atom is -0.334 e. The molecular formula is C21H22Cl2FN3O2. The lowest BCUT2D eigenvalue weighted by molar-refractivity contribution is -0.122. The number of carbonyl (C=O) groups excluding carboxylic acids is 2. The average Bonchev–Trinajstić information content (AvgIpc) is 2.61. The van der Waals surface area contributed by atoms with Crippen molar-refractivity contribution in [3.63, 3.8) is 0 Å². The van der Waals surface area contributed by atoms with Gasteiger partial charge in [0.1, 0.15) is 5.82 Å². The summed E-state index contributed by atoms with van der Waals surface area (Å²) in [6.45, 7) is 1.97. The van der Waals surface area contributed by atoms with Gasteiger partial charge in [0.2, 0.25) is 5.91 Å². The number of carbonyl (C=O) groups is 2. The summed E-state index contributed by atoms with van der Waals surface area (Å²) in [5, 5.41) is 8.58. The zero-order valence-corrected chi connectivity index (χ0v) is 17.4. The molecule has 2 aromatic carbocycles. The lowest BCUT2D eigenvalue weighted by Crippen LogP contribution is -2.36. The quantitative estimate of drug-likeness (QED) is 0.527. The smallest absolute Gasteiger partial charge is 0.315 e. The molecule has 2 aromatic rings. The van der Waals surface area contributed by atoms with Gasteiger partial charge in [-0.1, -0.05) is 41.8 Å². The van der Waals surface area contributed by atoms with Crippen LogP contribution in [-0.4, -0.2) is 11.9 Å². The van der Waals surface area contributed by atoms with Gasteiger partial charge >= 0.3 is 6.03 Å². The molecule has 154 valence electrons. The Morgan fingerprint density at radius 2 is 1.93 bits per heavy atom. The first-order valence-electron chi connectivity index (χ1n) is 9.42. The largest absolute Gasteiger partial charge is 0.334 e. The summed E-state index contributed by atoms with van der Waals surface area (Å²) in [6, 6.07) is 8.91. The number of hydrogen-bond donors (Lipinski definition) is 3. The van der Waals surface area contributed by atoms with E-state index in [2.05, 4.69) is 16.0 Å². The molecule has 1 atom stereocenters. The van der Waals surface area contributed by atoms with E-state index in [9.17, 15) is 14.0 Å². The maximum absolute atomic E-state index is 13.7. The van der Waals surface area contributed by atoms with Crippen LogP contribution in [0.2, 0.25) is 10.0 Å². The lowest BCUT2D eigenvalue weighted by Gasteiger charge is -2.24. The van der Waals surface area contributed by atoms with Crippen LogP contribution in [0.3, 0.4) is 0 Å². The fraction of sp³-hybridized carbons (Fsp3) is 0.333. The topological polar surface area (TPSA) is 70.2 Å². The molecule has 5 nitrogen and oxygen atoms in total. The Morgan fingerprint density at radius 3 is 2.62 bits per heavy atom. The lowest BCUT2D eigenvalue weighted by atomic mass is 9.85. The van der Waals surface area contributed by atoms with Gasteiger partial charge in [0, 0.05) is 23.2 Å². The highest BCUT2D eigenvalue weighted by Crippen LogP contribution is 2.29. The molecule has 8 heteroatoms. The molecule has 1 aliphatic carbocycles. The highest BCUT2D eigenvalue weighted by Gasteiger charge is 2.25. The molecule has 1 unspecified atom stereocenters. The normalized spacial score (nSPS) is 14.6. The van der Waals surface area contributed by atoms with E-state index >= 15 is 0 Å². The Hall–Kier alpha value is -2.31. The predicted octanol–water partition coefficient (Wildman–Crippen LogP) is 5.43. The van der Waals surface area contributed by atoms with Crippen molar-refractivity contribution in [1.29, 1.82) is 0 Å². The Kier molecular flexibility index (Phi) is 6.98. The minimum atomic E-state index is -0.596. The zero-order valence-electron chi connectivity index (χ0n) is 15.9. The Labute approximate surface area is 179 Å². The molecule has 0 aromatic heterocycles. The Morgan fingerprint density at radius 1 is 1.17 bits per heavy atom. The van der Waals surface area contributed by atoms with E-state index in [4.69, 9.17) is 23.2 Å². The van der Waals surface area contributed by atoms with Crippen LogP contribution < -0.4 is 16.0 Å². The van der Waals surface area contributed by atoms with E-state index in [0.29, 0.717) is 11.3 Å². The highest BCUT2D eigenvalue weighted by atomic mass is 35.5. The number of anilines is 1. The van der Waals surface area contributed by atoms with E-state index in [1.165, 1.54) is 12.1 Å². The summed E-state index contributed by atoms with van der Waals surface area (Å²) >= 11 is 11.8. The van der Waals surface area contributed by atoms with Crippen LogP contribution in [0.5, 0.6) is 0 Å². The van der Waals surface area contributed by atoms with E-state index < -0.39 is 17.9 Å². The Bertz CT molecular complexity index is 919. The summed E-state index contributed by atoms with van der Waals surface area (Å²) in [5.41, 5.74) is 1.98. The summed E-state index contributed by atoms with van der Waals surface area (Å²) < 4.78 is 13.7. The van der Waals surface area contributed by atoms with Crippen molar-refractivity contribution < 1.29 is 14.0 Å². The molecule has 1 aliphatic rings. The van der Waals surface area contributed by atoms with Crippen LogP contribution in [0.15, 0.2) is 36.4 Å². The van der Waals surface area contributed by atoms with Crippen LogP contribution in [0.1, 0.15) is 43.4 Å². The van der Waals surface area contributed by atoms with Gasteiger partial charge in [-0.25, -0.2) is 9.18 Å². The van der Waals surface area contributed by atoms with Crippen molar-refractivity contribution >= 4 is 40.8 Å². The van der Waals surface area contributed by atoms with Gasteiger partial charge in [0.25, 0.3) is 0 Å². The van der Waals surface area contributed by atoms with Gasteiger partial charge < -0.3 is 16.0 Å². The molecule has 0 aliphatic heterocycles. The van der Waals surface area contributed by atoms with E-state index in [1.54, 1.807) is 6.92 Å². The summed E-state index contributed by atoms with van der Waals surface area (Å²) in [6.07, 6.45) is 2.98. The third kappa shape index (κ3) is 5.61. The fourth-order valence-electron chi connectivity index (χ4n) is 3.05. The van der Waals surface area contributed by atoms with Crippen LogP contribution in [0.25, 0.3) is 0 Å². The molecular weight excluding hydrogens is 416 g/mol. The van der Waals surface area contributed by atoms with Gasteiger partial charge in [-0.3, -0.25) is 4.79 Å². The number of hydrogen-bond acceptors (Lipinski definition) is 2. The number of amides is 3. The number of benzene rings is 2. The van der Waals surface area contributed by atoms with Crippen molar-refractivity contribution in [3.8, 4) is 0 Å². The van der Waals surface area contributed by atoms with Crippen molar-refractivity contribution in [3.05, 3.63) is 63.4 Å². The van der Waals surface area contributed by atoms with E-state index in [0.717, 1.165) is 24.8 Å². The third-order valence-electron chi connectivity index (χ3n) is 4.98. The van der Waals surface area contributed by atoms with Gasteiger partial charge in [-0.05, 0) is 55.2 Å². The molecule has 29 heavy (non-hydrogen) atoms. The van der Waals surface area contributed by atoms with Crippen molar-refractivity contribution in [2.45, 2.75) is 38.8 Å². The van der Waals surface area contributed by atoms with Crippen molar-refractivity contribution in [2.24, 2.45) is 5.92 Å². The second-order valence-electron chi connectivity index (χ2n) is 7.15. The van der Waals surface area contributed by atoms with Crippen molar-refractivity contribution in [1.82, 2.24) is 10.6 Å². The van der Waals surface area contributed by atoms with E-state index in [1.807, 2.05) is 24.3 Å². The van der Waals surface area contributed by atoms with Crippen molar-refractivity contribution in [2.75, 3.05) is 5.32 Å². The molecule has 0 bridgehead atoms. The first-order valence-corrected chi connectivity index (χ1v) is 10.2. The second-order valence-corrected chi connectivity index (χ2v) is 7.97. The zero-order chi connectivity index (χ0) is 21.0. The highest BCUT2D eigenvalue weighted by molar-refractivity contribution is 6.35. The molecule has 0 spiro atoms. The van der Waals surface area contributed by atoms with Gasteiger partial charge in [0.15, 0.2) is 0 Å². The van der Waals surface area contributed by atoms with Gasteiger partial charge in [0.05, 0.1) is 11.1 Å². The number of nitrogens with one attached hydrogen (secondary N) is 3. The van der Waals surface area contributed by atoms with Crippen LogP contribution in [-0.2, 0) is 11.3 Å². The van der Waals surface area contributed by atoms with Crippen LogP contribution in [0.4, 0.5) is 14.9 Å². The minimum absolute atomic E-state index is 0.0417. The third-order valence-corrected chi connectivity index (χ3v) is 5.59. The maximum Gasteiger partial charge on any atom is 0.315 e. The maximum atomic E-state index is 13.7. The number of urea groups is 1. The summed E-state index contributed by atoms with van der Waals surface area (Å²) in [7, 11) is 0. The first-order chi connectivity index (χ1) is 13.8. The molecule has 3 N–H and O–H groups in total. The summed E-state index contributed by atoms with van der Waals surface area (Å²) in [4.78, 5) is 24.3. The average molecular weight is 438 g/mol. The molecule has 3 amide bonds. The van der Waals surface area contributed by atoms with Gasteiger partial charge in [-0.15, -0.1) is 0 Å². The molecule has 0 heterocycles. The number of rotatable bonds is 6. The van der Waals surface area contributed by atoms with Crippen LogP contribution >= 0.6 is 23.2 Å². The van der Waals surface area contributed by atoms with E-state index in [-0.39, 0.29) is 28.4 Å². The molecule has 0 radical (unpaired) electrons. The monoisotopic (exact) mass is 437 g/mol. The fourth-order valence-corrected chi connectivity index (χ4v) is 3.60.